The highest BCUT2D eigenvalue weighted by Gasteiger charge is 2.62. The highest BCUT2D eigenvalue weighted by Crippen LogP contribution is 2.46. The molecule has 0 bridgehead atoms. The van der Waals surface area contributed by atoms with Gasteiger partial charge in [-0.3, -0.25) is 24.0 Å². The van der Waals surface area contributed by atoms with Crippen LogP contribution in [0.1, 0.15) is 57.6 Å². The number of amides is 5. The summed E-state index contributed by atoms with van der Waals surface area (Å²) < 4.78 is 108. The summed E-state index contributed by atoms with van der Waals surface area (Å²) in [5, 5.41) is 293. The average Bonchev–Trinajstić information content (AvgIpc) is 1.75. The third kappa shape index (κ3) is 24.3. The van der Waals surface area contributed by atoms with Crippen molar-refractivity contribution in [1.82, 2.24) is 26.6 Å². The first-order valence-electron chi connectivity index (χ1n) is 43.9. The van der Waals surface area contributed by atoms with Gasteiger partial charge in [-0.15, -0.1) is 0 Å². The molecule has 12 rings (SSSR count). The number of carbonyl (C=O) groups excluding carboxylic acids is 6. The molecule has 5 amide bonds. The number of hydrogen-bond acceptors (Lipinski definition) is 49. The van der Waals surface area contributed by atoms with Gasteiger partial charge in [0.25, 0.3) is 0 Å². The molecule has 1 aliphatic carbocycles. The van der Waals surface area contributed by atoms with Crippen molar-refractivity contribution < 1.29 is 246 Å². The van der Waals surface area contributed by atoms with Gasteiger partial charge in [0, 0.05) is 46.5 Å². The van der Waals surface area contributed by atoms with E-state index in [1.165, 1.54) is 0 Å². The molecule has 0 aromatic heterocycles. The van der Waals surface area contributed by atoms with E-state index in [-0.39, 0.29) is 6.61 Å². The predicted octanol–water partition coefficient (Wildman–Crippen LogP) is -16.7. The number of carboxylic acid groups (broad SMARTS) is 1. The zero-order valence-electron chi connectivity index (χ0n) is 73.6. The van der Waals surface area contributed by atoms with E-state index in [9.17, 15) is 161 Å². The Morgan fingerprint density at radius 3 is 1.01 bits per heavy atom. The van der Waals surface area contributed by atoms with Crippen LogP contribution in [0.3, 0.4) is 0 Å². The number of alkyl carbamates (subject to hydrolysis) is 1. The SMILES string of the molecule is CC(=O)NC1C(O)[C@H](O[C@@H]2OC(CO)[C@H](O)C(O)C2O)C(CO)O[C@@H]1OC1C(O)[C@@H](O)C(CO)O[C@H]1OCC1O[C@@H](O[C@H]2C(CO)O[C@@H](O[C@H]3C(CO)O[C@@H](CC(=O)CC(NC(=O)OCC4c5ccccc5-c5ccccc54)C(=O)O)C(NC(C)=O)C3O)C(NC(C)=O)C2O)C(O)C(O[C@@H]2OC(CO)[C@H](O)C(O)C2O[C@@H]2OC(CO)[C@H](OC3OC(CO)[C@H](O)C(O)C3O)C(O)C2NC(C)=O)[C@H]1O. The minimum Gasteiger partial charge on any atom is -0.480 e. The number of carboxylic acids is 1. The van der Waals surface area contributed by atoms with E-state index in [0.717, 1.165) is 49.9 Å². The summed E-state index contributed by atoms with van der Waals surface area (Å²) in [6, 6.07) is 5.08. The lowest BCUT2D eigenvalue weighted by atomic mass is 9.88. The molecule has 9 saturated heterocycles. The van der Waals surface area contributed by atoms with E-state index >= 15 is 0 Å². The molecule has 2 aromatic carbocycles. The quantitative estimate of drug-likeness (QED) is 0.0299. The first-order chi connectivity index (χ1) is 65.1. The van der Waals surface area contributed by atoms with Crippen molar-refractivity contribution in [2.45, 2.75) is 328 Å². The number of carbonyl (C=O) groups is 7. The van der Waals surface area contributed by atoms with Crippen LogP contribution in [0.4, 0.5) is 4.79 Å². The van der Waals surface area contributed by atoms with E-state index in [1.807, 2.05) is 36.4 Å². The van der Waals surface area contributed by atoms with Gasteiger partial charge in [-0.1, -0.05) is 48.5 Å². The van der Waals surface area contributed by atoms with Gasteiger partial charge in [-0.2, -0.15) is 0 Å². The molecule has 10 aliphatic rings. The van der Waals surface area contributed by atoms with Crippen molar-refractivity contribution in [1.29, 1.82) is 0 Å². The first kappa shape index (κ1) is 109. The first-order valence-corrected chi connectivity index (χ1v) is 43.9. The Kier molecular flexibility index (Phi) is 38.1. The fourth-order valence-electron chi connectivity index (χ4n) is 18.3. The van der Waals surface area contributed by atoms with Gasteiger partial charge in [-0.25, -0.2) is 9.59 Å². The van der Waals surface area contributed by atoms with Crippen LogP contribution in [0.2, 0.25) is 0 Å². The molecule has 29 unspecified atom stereocenters. The summed E-state index contributed by atoms with van der Waals surface area (Å²) in [4.78, 5) is 92.4. The maximum atomic E-state index is 14.0. The Bertz CT molecular complexity index is 4250. The summed E-state index contributed by atoms with van der Waals surface area (Å²) in [7, 11) is 0. The second kappa shape index (κ2) is 48.0. The Labute approximate surface area is 777 Å². The smallest absolute Gasteiger partial charge is 0.407 e. The number of Topliss-reactive ketones (excluding diaryl/α,β-unsaturated/α-hetero) is 1. The van der Waals surface area contributed by atoms with E-state index in [2.05, 4.69) is 26.6 Å². The van der Waals surface area contributed by atoms with Crippen molar-refractivity contribution in [3.63, 3.8) is 0 Å². The zero-order chi connectivity index (χ0) is 99.9. The van der Waals surface area contributed by atoms with Crippen molar-refractivity contribution in [2.75, 3.05) is 66.1 Å². The fraction of sp³-hybridized carbons (Fsp3) is 0.768. The Morgan fingerprint density at radius 2 is 0.620 bits per heavy atom. The van der Waals surface area contributed by atoms with Crippen LogP contribution in [0.25, 0.3) is 11.1 Å². The monoisotopic (exact) mass is 1980 g/mol. The third-order valence-electron chi connectivity index (χ3n) is 25.3. The van der Waals surface area contributed by atoms with Crippen molar-refractivity contribution >= 4 is 41.5 Å². The van der Waals surface area contributed by atoms with Crippen LogP contribution in [-0.4, -0.2) is 517 Å². The lowest BCUT2D eigenvalue weighted by Gasteiger charge is -2.51. The summed E-state index contributed by atoms with van der Waals surface area (Å²) >= 11 is 0. The molecule has 9 fully saturated rings. The maximum Gasteiger partial charge on any atom is 0.407 e. The number of aliphatic carboxylic acids is 1. The standard InChI is InChI=1S/C82H121N5O50/c1-25(96)83-46-36(14-29(100)13-35(73(117)118)87-82(119)121-23-34-32-11-7-5-9-30(32)31-10-6-8-12-33(31)34)122-41(19-92)66(55(46)106)131-74-47(84-26(2)97)56(107)69(44(22-95)127-74)134-79-65(116)70(135-81-72(62(113)53(104)40(18-91)126-81)137-76-49(86-28(4)99)58(109)68(43(21-94)129-76)133-78-64(115)60(111)51(102)38(16-89)124-78)54(105)45(130-79)24-120-80-71(61(112)52(103)39(17-90)125-80)136-75-48(85-27(3)98)57(108)67(42(20-93)128-75)132-77-63(114)59(110)50(101)37(15-88)123-77/h5-12,34-72,74-81,88-95,101-116H,13-24H2,1-4H3,(H,83,96)(H,84,97)(H,85,98)(H,86,99)(H,87,119)(H,117,118)/t35?,36-,37?,38?,39?,40?,41?,42?,43?,44?,45?,46?,47?,48?,49?,50-,51-,52-,53-,54-,55?,56?,57?,58?,59?,60?,61?,62?,63?,64?,65?,66-,67+,68-,69-,70?,71?,72?,74-,75+,76-,77-,78?,79-,80+,81-/m0/s1. The molecular weight excluding hydrogens is 1850 g/mol. The topological polar surface area (TPSA) is 852 Å². The fourth-order valence-corrected chi connectivity index (χ4v) is 18.3. The second-order valence-corrected chi connectivity index (χ2v) is 34.6. The number of benzene rings is 2. The molecule has 774 valence electrons. The number of hydrogen-bond donors (Lipinski definition) is 30. The van der Waals surface area contributed by atoms with Gasteiger partial charge in [0.1, 0.15) is 232 Å². The molecule has 55 heteroatoms. The molecule has 9 heterocycles. The molecule has 0 saturated carbocycles. The van der Waals surface area contributed by atoms with Crippen LogP contribution >= 0.6 is 0 Å². The van der Waals surface area contributed by atoms with E-state index in [4.69, 9.17) is 85.3 Å². The van der Waals surface area contributed by atoms with Gasteiger partial charge >= 0.3 is 12.1 Å². The van der Waals surface area contributed by atoms with E-state index in [1.54, 1.807) is 12.1 Å². The molecule has 30 N–H and O–H groups in total. The largest absolute Gasteiger partial charge is 0.480 e. The lowest BCUT2D eigenvalue weighted by Crippen LogP contribution is -2.71. The summed E-state index contributed by atoms with van der Waals surface area (Å²) in [6.45, 7) is -6.79. The number of nitrogens with one attached hydrogen (secondary N) is 5. The molecule has 2 aromatic rings. The summed E-state index contributed by atoms with van der Waals surface area (Å²) in [5.74, 6) is -6.92. The van der Waals surface area contributed by atoms with Crippen molar-refractivity contribution in [2.24, 2.45) is 0 Å². The maximum absolute atomic E-state index is 14.0. The minimum atomic E-state index is -2.65. The minimum absolute atomic E-state index is 0.246. The van der Waals surface area contributed by atoms with E-state index in [0.29, 0.717) is 0 Å². The van der Waals surface area contributed by atoms with Crippen LogP contribution in [0.15, 0.2) is 48.5 Å². The third-order valence-corrected chi connectivity index (χ3v) is 25.3. The molecule has 46 atom stereocenters. The van der Waals surface area contributed by atoms with Crippen molar-refractivity contribution in [3.05, 3.63) is 59.7 Å². The van der Waals surface area contributed by atoms with E-state index < -0.39 is 402 Å². The average molecular weight is 1980 g/mol. The lowest BCUT2D eigenvalue weighted by molar-refractivity contribution is -0.398. The molecule has 137 heavy (non-hydrogen) atoms. The van der Waals surface area contributed by atoms with Gasteiger partial charge in [0.15, 0.2) is 50.3 Å². The molecule has 0 radical (unpaired) electrons. The Hall–Kier alpha value is -6.91. The second-order valence-electron chi connectivity index (χ2n) is 34.6. The van der Waals surface area contributed by atoms with Crippen LogP contribution < -0.4 is 26.6 Å². The van der Waals surface area contributed by atoms with Gasteiger partial charge in [0.05, 0.1) is 71.6 Å². The Balaban J connectivity index is 0.821. The predicted molar refractivity (Wildman–Crippen MR) is 435 cm³/mol. The number of aliphatic hydroxyl groups excluding tert-OH is 24. The Morgan fingerprint density at radius 1 is 0.307 bits per heavy atom. The molecule has 0 spiro atoms. The molecule has 55 nitrogen and oxygen atoms in total. The van der Waals surface area contributed by atoms with Gasteiger partial charge in [0.2, 0.25) is 23.6 Å². The number of aliphatic hydroxyl groups is 24. The summed E-state index contributed by atoms with van der Waals surface area (Å²) in [6.07, 6.45) is -90.2. The number of ether oxygens (including phenoxy) is 18. The highest BCUT2D eigenvalue weighted by molar-refractivity contribution is 5.88. The number of ketones is 1. The van der Waals surface area contributed by atoms with Crippen LogP contribution in [0, 0.1) is 0 Å². The molecular formula is C82H121N5O50. The summed E-state index contributed by atoms with van der Waals surface area (Å²) in [5.41, 5.74) is 3.45. The zero-order valence-corrected chi connectivity index (χ0v) is 73.6. The van der Waals surface area contributed by atoms with Gasteiger partial charge in [-0.05, 0) is 22.3 Å². The molecule has 9 aliphatic heterocycles. The van der Waals surface area contributed by atoms with Gasteiger partial charge < -0.3 is 240 Å². The van der Waals surface area contributed by atoms with Crippen LogP contribution in [-0.2, 0) is 114 Å². The van der Waals surface area contributed by atoms with Crippen LogP contribution in [0.5, 0.6) is 0 Å². The normalized spacial score (nSPS) is 42.6. The highest BCUT2D eigenvalue weighted by atomic mass is 16.8. The number of fused-ring (bicyclic) bond motifs is 3. The van der Waals surface area contributed by atoms with Crippen molar-refractivity contribution in [3.8, 4) is 11.1 Å². The number of rotatable bonds is 37.